The Morgan fingerprint density at radius 3 is 2.25 bits per heavy atom. The number of alkyl halides is 3. The standard InChI is InChI=1S/C31H35ClF3N3O5S/c1-5-21(3)36-30(40)27(6-2)37(19-22-11-10-12-24(17-22)43-4)29(39)20-38(44(41,42)25-13-8-7-9-14-25)28-18-23(31(33,34)35)15-16-26(28)32/h7-18,21,27H,5-6,19-20H2,1-4H3,(H,36,40)/t21-,27+/m1/s1. The molecule has 0 aromatic heterocycles. The van der Waals surface area contributed by atoms with Gasteiger partial charge < -0.3 is 15.0 Å². The maximum Gasteiger partial charge on any atom is 0.416 e. The van der Waals surface area contributed by atoms with Gasteiger partial charge in [-0.25, -0.2) is 8.42 Å². The summed E-state index contributed by atoms with van der Waals surface area (Å²) in [5.74, 6) is -0.782. The zero-order chi connectivity index (χ0) is 32.7. The molecular weight excluding hydrogens is 619 g/mol. The van der Waals surface area contributed by atoms with E-state index in [4.69, 9.17) is 16.3 Å². The van der Waals surface area contributed by atoms with E-state index in [9.17, 15) is 31.2 Å². The van der Waals surface area contributed by atoms with Crippen molar-refractivity contribution < 1.29 is 35.9 Å². The molecule has 0 aliphatic heterocycles. The quantitative estimate of drug-likeness (QED) is 0.234. The van der Waals surface area contributed by atoms with Crippen LogP contribution >= 0.6 is 11.6 Å². The molecule has 3 aromatic carbocycles. The Morgan fingerprint density at radius 1 is 0.977 bits per heavy atom. The number of carbonyl (C=O) groups is 2. The number of carbonyl (C=O) groups excluding carboxylic acids is 2. The summed E-state index contributed by atoms with van der Waals surface area (Å²) in [6.45, 7) is 4.35. The van der Waals surface area contributed by atoms with Gasteiger partial charge in [0.1, 0.15) is 18.3 Å². The molecule has 3 rings (SSSR count). The molecule has 8 nitrogen and oxygen atoms in total. The molecule has 0 aliphatic carbocycles. The van der Waals surface area contributed by atoms with E-state index in [0.717, 1.165) is 12.1 Å². The van der Waals surface area contributed by atoms with Gasteiger partial charge in [-0.2, -0.15) is 13.2 Å². The maximum atomic E-state index is 14.2. The number of amides is 2. The number of rotatable bonds is 13. The highest BCUT2D eigenvalue weighted by molar-refractivity contribution is 7.92. The molecule has 0 aliphatic rings. The van der Waals surface area contributed by atoms with Crippen molar-refractivity contribution >= 4 is 39.1 Å². The normalized spacial score (nSPS) is 13.1. The van der Waals surface area contributed by atoms with E-state index in [2.05, 4.69) is 5.32 Å². The Hall–Kier alpha value is -3.77. The monoisotopic (exact) mass is 653 g/mol. The molecule has 3 aromatic rings. The van der Waals surface area contributed by atoms with E-state index in [1.165, 1.54) is 36.3 Å². The first-order chi connectivity index (χ1) is 20.7. The molecule has 0 saturated heterocycles. The summed E-state index contributed by atoms with van der Waals surface area (Å²) >= 11 is 6.30. The number of ether oxygens (including phenoxy) is 1. The van der Waals surface area contributed by atoms with Crippen molar-refractivity contribution in [3.8, 4) is 5.75 Å². The number of hydrogen-bond donors (Lipinski definition) is 1. The first kappa shape index (κ1) is 34.7. The second kappa shape index (κ2) is 14.8. The summed E-state index contributed by atoms with van der Waals surface area (Å²) in [5, 5.41) is 2.55. The van der Waals surface area contributed by atoms with E-state index in [-0.39, 0.29) is 28.9 Å². The number of sulfonamides is 1. The van der Waals surface area contributed by atoms with Crippen LogP contribution in [0, 0.1) is 0 Å². The Bertz CT molecular complexity index is 1550. The predicted octanol–water partition coefficient (Wildman–Crippen LogP) is 6.28. The van der Waals surface area contributed by atoms with E-state index >= 15 is 0 Å². The Balaban J connectivity index is 2.16. The smallest absolute Gasteiger partial charge is 0.416 e. The molecule has 13 heteroatoms. The molecule has 44 heavy (non-hydrogen) atoms. The van der Waals surface area contributed by atoms with Gasteiger partial charge in [-0.05, 0) is 67.8 Å². The van der Waals surface area contributed by atoms with E-state index in [0.29, 0.717) is 28.1 Å². The van der Waals surface area contributed by atoms with Crippen molar-refractivity contribution in [1.82, 2.24) is 10.2 Å². The fourth-order valence-corrected chi connectivity index (χ4v) is 6.16. The summed E-state index contributed by atoms with van der Waals surface area (Å²) in [5.41, 5.74) is -1.09. The van der Waals surface area contributed by atoms with Crippen LogP contribution in [0.2, 0.25) is 5.02 Å². The molecule has 238 valence electrons. The van der Waals surface area contributed by atoms with Crippen molar-refractivity contribution in [2.24, 2.45) is 0 Å². The second-order valence-corrected chi connectivity index (χ2v) is 12.4. The van der Waals surface area contributed by atoms with Crippen LogP contribution in [0.15, 0.2) is 77.7 Å². The highest BCUT2D eigenvalue weighted by Crippen LogP contribution is 2.37. The minimum Gasteiger partial charge on any atom is -0.497 e. The number of hydrogen-bond acceptors (Lipinski definition) is 5. The van der Waals surface area contributed by atoms with Gasteiger partial charge in [0.15, 0.2) is 0 Å². The molecule has 0 radical (unpaired) electrons. The Kier molecular flexibility index (Phi) is 11.7. The second-order valence-electron chi connectivity index (χ2n) is 10.1. The number of anilines is 1. The Labute approximate surface area is 260 Å². The zero-order valence-corrected chi connectivity index (χ0v) is 26.3. The van der Waals surface area contributed by atoms with Gasteiger partial charge in [0.25, 0.3) is 10.0 Å². The minimum atomic E-state index is -4.81. The van der Waals surface area contributed by atoms with Crippen molar-refractivity contribution in [2.75, 3.05) is 18.0 Å². The van der Waals surface area contributed by atoms with Crippen LogP contribution in [0.1, 0.15) is 44.7 Å². The third-order valence-electron chi connectivity index (χ3n) is 7.03. The van der Waals surface area contributed by atoms with Crippen LogP contribution in [0.3, 0.4) is 0 Å². The number of methoxy groups -OCH3 is 1. The van der Waals surface area contributed by atoms with Crippen molar-refractivity contribution in [2.45, 2.75) is 63.3 Å². The maximum absolute atomic E-state index is 14.2. The molecule has 2 atom stereocenters. The topological polar surface area (TPSA) is 96.0 Å². The molecule has 0 bridgehead atoms. The summed E-state index contributed by atoms with van der Waals surface area (Å²) in [4.78, 5) is 28.5. The van der Waals surface area contributed by atoms with Gasteiger partial charge in [0.2, 0.25) is 11.8 Å². The average molecular weight is 654 g/mol. The molecule has 0 saturated carbocycles. The third-order valence-corrected chi connectivity index (χ3v) is 9.12. The molecule has 0 fully saturated rings. The number of nitrogens with zero attached hydrogens (tertiary/aromatic N) is 2. The SMILES string of the molecule is CC[C@@H](C)NC(=O)[C@H](CC)N(Cc1cccc(OC)c1)C(=O)CN(c1cc(C(F)(F)F)ccc1Cl)S(=O)(=O)c1ccccc1. The minimum absolute atomic E-state index is 0.113. The lowest BCUT2D eigenvalue weighted by atomic mass is 10.1. The van der Waals surface area contributed by atoms with Gasteiger partial charge in [0, 0.05) is 12.6 Å². The largest absolute Gasteiger partial charge is 0.497 e. The van der Waals surface area contributed by atoms with Crippen LogP contribution in [-0.2, 0) is 32.3 Å². The molecule has 0 spiro atoms. The number of halogens is 4. The fraction of sp³-hybridized carbons (Fsp3) is 0.355. The van der Waals surface area contributed by atoms with Crippen LogP contribution in [0.25, 0.3) is 0 Å². The van der Waals surface area contributed by atoms with Crippen molar-refractivity contribution in [3.63, 3.8) is 0 Å². The van der Waals surface area contributed by atoms with E-state index in [1.54, 1.807) is 37.3 Å². The highest BCUT2D eigenvalue weighted by Gasteiger charge is 2.37. The van der Waals surface area contributed by atoms with Gasteiger partial charge in [-0.3, -0.25) is 13.9 Å². The molecule has 1 N–H and O–H groups in total. The molecular formula is C31H35ClF3N3O5S. The lowest BCUT2D eigenvalue weighted by molar-refractivity contribution is -0.140. The summed E-state index contributed by atoms with van der Waals surface area (Å²) < 4.78 is 74.8. The number of benzene rings is 3. The summed E-state index contributed by atoms with van der Waals surface area (Å²) in [6.07, 6.45) is -4.01. The number of nitrogens with one attached hydrogen (secondary N) is 1. The van der Waals surface area contributed by atoms with Gasteiger partial charge in [-0.1, -0.05) is 55.8 Å². The van der Waals surface area contributed by atoms with Crippen LogP contribution in [0.5, 0.6) is 5.75 Å². The first-order valence-electron chi connectivity index (χ1n) is 13.9. The summed E-state index contributed by atoms with van der Waals surface area (Å²) in [7, 11) is -3.14. The lowest BCUT2D eigenvalue weighted by Gasteiger charge is -2.34. The zero-order valence-electron chi connectivity index (χ0n) is 24.8. The third kappa shape index (κ3) is 8.44. The molecule has 2 amide bonds. The van der Waals surface area contributed by atoms with E-state index < -0.39 is 51.9 Å². The van der Waals surface area contributed by atoms with Crippen LogP contribution < -0.4 is 14.4 Å². The van der Waals surface area contributed by atoms with Crippen molar-refractivity contribution in [1.29, 1.82) is 0 Å². The lowest BCUT2D eigenvalue weighted by Crippen LogP contribution is -2.53. The van der Waals surface area contributed by atoms with Gasteiger partial charge in [0.05, 0.1) is 28.3 Å². The van der Waals surface area contributed by atoms with Crippen molar-refractivity contribution in [3.05, 3.63) is 88.9 Å². The Morgan fingerprint density at radius 2 is 1.66 bits per heavy atom. The van der Waals surface area contributed by atoms with Gasteiger partial charge >= 0.3 is 6.18 Å². The molecule has 0 unspecified atom stereocenters. The van der Waals surface area contributed by atoms with Crippen LogP contribution in [0.4, 0.5) is 18.9 Å². The van der Waals surface area contributed by atoms with E-state index in [1.807, 2.05) is 13.8 Å². The summed E-state index contributed by atoms with van der Waals surface area (Å²) in [6, 6.07) is 14.8. The van der Waals surface area contributed by atoms with Crippen LogP contribution in [-0.4, -0.2) is 50.9 Å². The predicted molar refractivity (Wildman–Crippen MR) is 163 cm³/mol. The van der Waals surface area contributed by atoms with Gasteiger partial charge in [-0.15, -0.1) is 0 Å². The fourth-order valence-electron chi connectivity index (χ4n) is 4.44. The average Bonchev–Trinajstić information content (AvgIpc) is 2.99. The first-order valence-corrected chi connectivity index (χ1v) is 15.7. The molecule has 0 heterocycles. The highest BCUT2D eigenvalue weighted by atomic mass is 35.5.